The van der Waals surface area contributed by atoms with Crippen molar-refractivity contribution >= 4 is 0 Å². The van der Waals surface area contributed by atoms with Crippen LogP contribution in [0.25, 0.3) is 0 Å². The molecule has 0 aromatic carbocycles. The maximum absolute atomic E-state index is 5.42. The third-order valence-corrected chi connectivity index (χ3v) is 3.44. The Hall–Kier alpha value is -0.940. The average Bonchev–Trinajstić information content (AvgIpc) is 2.77. The van der Waals surface area contributed by atoms with Crippen molar-refractivity contribution in [1.82, 2.24) is 15.5 Å². The Morgan fingerprint density at radius 1 is 1.50 bits per heavy atom. The Morgan fingerprint density at radius 3 is 3.06 bits per heavy atom. The van der Waals surface area contributed by atoms with E-state index in [9.17, 15) is 0 Å². The summed E-state index contributed by atoms with van der Waals surface area (Å²) in [4.78, 5) is 4.44. The smallest absolute Gasteiger partial charge is 0.244 e. The molecule has 0 amide bonds. The molecule has 1 aliphatic rings. The predicted octanol–water partition coefficient (Wildman–Crippen LogP) is 2.45. The van der Waals surface area contributed by atoms with Crippen molar-refractivity contribution in [2.75, 3.05) is 13.2 Å². The van der Waals surface area contributed by atoms with E-state index >= 15 is 0 Å². The number of aromatic nitrogens is 2. The fraction of sp³-hybridized carbons (Fsp3) is 0.846. The second kappa shape index (κ2) is 5.80. The minimum Gasteiger partial charge on any atom is -0.373 e. The zero-order chi connectivity index (χ0) is 13.0. The van der Waals surface area contributed by atoms with Crippen molar-refractivity contribution in [2.45, 2.75) is 52.7 Å². The molecule has 18 heavy (non-hydrogen) atoms. The zero-order valence-corrected chi connectivity index (χ0v) is 11.5. The molecule has 0 radical (unpaired) electrons. The monoisotopic (exact) mass is 253 g/mol. The number of hydrogen-bond acceptors (Lipinski definition) is 5. The summed E-state index contributed by atoms with van der Waals surface area (Å²) >= 11 is 0. The highest BCUT2D eigenvalue weighted by molar-refractivity contribution is 5.00. The van der Waals surface area contributed by atoms with Gasteiger partial charge in [-0.3, -0.25) is 0 Å². The first-order valence-corrected chi connectivity index (χ1v) is 6.77. The highest BCUT2D eigenvalue weighted by Gasteiger charge is 2.36. The molecule has 1 aliphatic heterocycles. The molecule has 2 heterocycles. The van der Waals surface area contributed by atoms with E-state index in [1.165, 1.54) is 12.8 Å². The lowest BCUT2D eigenvalue weighted by atomic mass is 9.77. The molecule has 102 valence electrons. The summed E-state index contributed by atoms with van der Waals surface area (Å²) < 4.78 is 10.8. The summed E-state index contributed by atoms with van der Waals surface area (Å²) in [5.74, 6) is 1.33. The highest BCUT2D eigenvalue weighted by atomic mass is 16.5. The second-order valence-corrected chi connectivity index (χ2v) is 5.58. The van der Waals surface area contributed by atoms with Gasteiger partial charge in [0.2, 0.25) is 5.89 Å². The van der Waals surface area contributed by atoms with Crippen LogP contribution in [0.1, 0.15) is 57.8 Å². The molecule has 5 nitrogen and oxygen atoms in total. The van der Waals surface area contributed by atoms with Crippen molar-refractivity contribution in [3.05, 3.63) is 11.7 Å². The van der Waals surface area contributed by atoms with Gasteiger partial charge in [-0.15, -0.1) is 0 Å². The Morgan fingerprint density at radius 2 is 2.33 bits per heavy atom. The first kappa shape index (κ1) is 13.5. The number of rotatable bonds is 5. The molecular formula is C13H23N3O2. The van der Waals surface area contributed by atoms with Crippen LogP contribution >= 0.6 is 0 Å². The van der Waals surface area contributed by atoms with Gasteiger partial charge in [-0.2, -0.15) is 4.98 Å². The molecule has 0 bridgehead atoms. The minimum absolute atomic E-state index is 0.152. The quantitative estimate of drug-likeness (QED) is 0.817. The Balaban J connectivity index is 2.00. The molecule has 1 unspecified atom stereocenters. The van der Waals surface area contributed by atoms with Gasteiger partial charge >= 0.3 is 0 Å². The van der Waals surface area contributed by atoms with Crippen molar-refractivity contribution in [3.8, 4) is 0 Å². The van der Waals surface area contributed by atoms with Crippen molar-refractivity contribution in [2.24, 2.45) is 5.41 Å². The van der Waals surface area contributed by atoms with Crippen LogP contribution in [0, 0.1) is 5.41 Å². The normalized spacial score (nSPS) is 23.2. The third-order valence-electron chi connectivity index (χ3n) is 3.44. The van der Waals surface area contributed by atoms with Crippen LogP contribution < -0.4 is 5.32 Å². The highest BCUT2D eigenvalue weighted by Crippen LogP contribution is 2.39. The Kier molecular flexibility index (Phi) is 4.35. The third kappa shape index (κ3) is 3.09. The first-order valence-electron chi connectivity index (χ1n) is 6.77. The van der Waals surface area contributed by atoms with Gasteiger partial charge < -0.3 is 14.6 Å². The van der Waals surface area contributed by atoms with E-state index in [1.807, 2.05) is 0 Å². The summed E-state index contributed by atoms with van der Waals surface area (Å²) in [5.41, 5.74) is 0.159. The number of nitrogens with zero attached hydrogens (tertiary/aromatic N) is 2. The fourth-order valence-corrected chi connectivity index (χ4v) is 2.38. The predicted molar refractivity (Wildman–Crippen MR) is 68.0 cm³/mol. The molecule has 1 atom stereocenters. The molecule has 0 spiro atoms. The van der Waals surface area contributed by atoms with Crippen molar-refractivity contribution in [3.63, 3.8) is 0 Å². The van der Waals surface area contributed by atoms with E-state index in [0.29, 0.717) is 18.3 Å². The van der Waals surface area contributed by atoms with Gasteiger partial charge in [0, 0.05) is 6.61 Å². The Labute approximate surface area is 108 Å². The summed E-state index contributed by atoms with van der Waals surface area (Å²) in [5, 5.41) is 7.45. The lowest BCUT2D eigenvalue weighted by molar-refractivity contribution is 0.114. The van der Waals surface area contributed by atoms with E-state index in [2.05, 4.69) is 36.2 Å². The van der Waals surface area contributed by atoms with Gasteiger partial charge in [-0.05, 0) is 31.2 Å². The Bertz CT molecular complexity index is 376. The van der Waals surface area contributed by atoms with Gasteiger partial charge in [0.1, 0.15) is 6.61 Å². The van der Waals surface area contributed by atoms with Gasteiger partial charge in [-0.1, -0.05) is 25.9 Å². The molecule has 1 N–H and O–H groups in total. The maximum Gasteiger partial charge on any atom is 0.244 e. The van der Waals surface area contributed by atoms with Gasteiger partial charge in [0.05, 0.1) is 6.04 Å². The van der Waals surface area contributed by atoms with Crippen LogP contribution in [0.5, 0.6) is 0 Å². The molecule has 0 aliphatic carbocycles. The van der Waals surface area contributed by atoms with E-state index in [1.54, 1.807) is 0 Å². The second-order valence-electron chi connectivity index (χ2n) is 5.58. The molecule has 0 saturated carbocycles. The van der Waals surface area contributed by atoms with Gasteiger partial charge in [-0.25, -0.2) is 0 Å². The lowest BCUT2D eigenvalue weighted by Gasteiger charge is -2.36. The number of piperidine rings is 1. The van der Waals surface area contributed by atoms with Crippen LogP contribution in [-0.4, -0.2) is 23.3 Å². The summed E-state index contributed by atoms with van der Waals surface area (Å²) in [6, 6.07) is 0.152. The van der Waals surface area contributed by atoms with Gasteiger partial charge in [0.15, 0.2) is 5.82 Å². The van der Waals surface area contributed by atoms with E-state index < -0.39 is 0 Å². The fourth-order valence-electron chi connectivity index (χ4n) is 2.38. The lowest BCUT2D eigenvalue weighted by Crippen LogP contribution is -2.39. The molecule has 1 aromatic heterocycles. The van der Waals surface area contributed by atoms with Crippen LogP contribution in [0.3, 0.4) is 0 Å². The summed E-state index contributed by atoms with van der Waals surface area (Å²) in [6.07, 6.45) is 3.38. The number of hydrogen-bond donors (Lipinski definition) is 1. The molecule has 1 aromatic rings. The largest absolute Gasteiger partial charge is 0.373 e. The van der Waals surface area contributed by atoms with Crippen LogP contribution in [0.15, 0.2) is 4.52 Å². The standard InChI is InChI=1S/C13H23N3O2/c1-4-8-17-9-10-15-12(18-16-10)11-13(2,3)6-5-7-14-11/h11,14H,4-9H2,1-3H3. The molecule has 5 heteroatoms. The molecular weight excluding hydrogens is 230 g/mol. The topological polar surface area (TPSA) is 60.2 Å². The molecule has 2 rings (SSSR count). The maximum atomic E-state index is 5.42. The SMILES string of the molecule is CCCOCc1noc(C2NCCCC2(C)C)n1. The van der Waals surface area contributed by atoms with Crippen LogP contribution in [-0.2, 0) is 11.3 Å². The number of nitrogens with one attached hydrogen (secondary N) is 1. The van der Waals surface area contributed by atoms with E-state index in [0.717, 1.165) is 19.6 Å². The van der Waals surface area contributed by atoms with E-state index in [4.69, 9.17) is 9.26 Å². The van der Waals surface area contributed by atoms with Crippen molar-refractivity contribution in [1.29, 1.82) is 0 Å². The number of ether oxygens (including phenoxy) is 1. The minimum atomic E-state index is 0.152. The zero-order valence-electron chi connectivity index (χ0n) is 11.5. The average molecular weight is 253 g/mol. The van der Waals surface area contributed by atoms with Crippen molar-refractivity contribution < 1.29 is 9.26 Å². The summed E-state index contributed by atoms with van der Waals surface area (Å²) in [6.45, 7) is 8.73. The summed E-state index contributed by atoms with van der Waals surface area (Å²) in [7, 11) is 0. The van der Waals surface area contributed by atoms with Crippen LogP contribution in [0.2, 0.25) is 0 Å². The molecule has 1 fully saturated rings. The van der Waals surface area contributed by atoms with Gasteiger partial charge in [0.25, 0.3) is 0 Å². The van der Waals surface area contributed by atoms with Crippen LogP contribution in [0.4, 0.5) is 0 Å². The van der Waals surface area contributed by atoms with E-state index in [-0.39, 0.29) is 11.5 Å². The first-order chi connectivity index (χ1) is 8.63. The molecule has 1 saturated heterocycles.